The van der Waals surface area contributed by atoms with E-state index in [0.717, 1.165) is 17.0 Å². The van der Waals surface area contributed by atoms with Gasteiger partial charge in [0.1, 0.15) is 29.6 Å². The molecular formula is C21H21BrN2O3. The molecule has 1 heterocycles. The Morgan fingerprint density at radius 2 is 1.70 bits per heavy atom. The number of aromatic nitrogens is 2. The van der Waals surface area contributed by atoms with Crippen LogP contribution in [0.5, 0.6) is 5.75 Å². The SMILES string of the molecule is COc1ccc(C(=O)C[n+]2ccn(-c3ccc(CC(C)=O)cc3)c2)cc1.[Br-]. The summed E-state index contributed by atoms with van der Waals surface area (Å²) in [6.07, 6.45) is 6.09. The van der Waals surface area contributed by atoms with Gasteiger partial charge in [-0.3, -0.25) is 9.59 Å². The van der Waals surface area contributed by atoms with Crippen molar-refractivity contribution in [3.63, 3.8) is 0 Å². The van der Waals surface area contributed by atoms with Crippen LogP contribution in [-0.2, 0) is 17.8 Å². The molecule has 0 bridgehead atoms. The van der Waals surface area contributed by atoms with E-state index in [1.807, 2.05) is 52.1 Å². The van der Waals surface area contributed by atoms with Gasteiger partial charge >= 0.3 is 0 Å². The number of carbonyl (C=O) groups is 2. The summed E-state index contributed by atoms with van der Waals surface area (Å²) < 4.78 is 8.90. The standard InChI is InChI=1S/C21H21N2O3.BrH/c1-16(24)13-17-3-7-19(8-4-17)23-12-11-22(15-23)14-21(25)18-5-9-20(26-2)10-6-18;/h3-12,15H,13-14H2,1-2H3;1H/q+1;/p-1. The lowest BCUT2D eigenvalue weighted by Crippen LogP contribution is -3.00. The van der Waals surface area contributed by atoms with Crippen LogP contribution >= 0.6 is 0 Å². The number of hydrogen-bond acceptors (Lipinski definition) is 3. The quantitative estimate of drug-likeness (QED) is 0.386. The summed E-state index contributed by atoms with van der Waals surface area (Å²) in [5.74, 6) is 0.911. The van der Waals surface area contributed by atoms with Gasteiger partial charge in [-0.2, -0.15) is 0 Å². The van der Waals surface area contributed by atoms with Gasteiger partial charge in [-0.15, -0.1) is 0 Å². The number of rotatable bonds is 7. The second-order valence-electron chi connectivity index (χ2n) is 6.19. The Hall–Kier alpha value is -2.73. The topological polar surface area (TPSA) is 52.2 Å². The lowest BCUT2D eigenvalue weighted by molar-refractivity contribution is -0.682. The molecule has 0 atom stereocenters. The zero-order valence-electron chi connectivity index (χ0n) is 15.3. The first-order valence-corrected chi connectivity index (χ1v) is 8.38. The summed E-state index contributed by atoms with van der Waals surface area (Å²) in [5, 5.41) is 0. The van der Waals surface area contributed by atoms with Gasteiger partial charge in [-0.25, -0.2) is 9.13 Å². The van der Waals surface area contributed by atoms with Gasteiger partial charge in [0.15, 0.2) is 6.54 Å². The van der Waals surface area contributed by atoms with Crippen molar-refractivity contribution in [2.75, 3.05) is 7.11 Å². The molecule has 5 nitrogen and oxygen atoms in total. The molecule has 0 aliphatic rings. The minimum Gasteiger partial charge on any atom is -1.00 e. The highest BCUT2D eigenvalue weighted by Crippen LogP contribution is 2.12. The van der Waals surface area contributed by atoms with Gasteiger partial charge in [0, 0.05) is 12.0 Å². The minimum atomic E-state index is 0. The van der Waals surface area contributed by atoms with Crippen molar-refractivity contribution >= 4 is 11.6 Å². The number of methoxy groups -OCH3 is 1. The van der Waals surface area contributed by atoms with E-state index in [4.69, 9.17) is 4.74 Å². The lowest BCUT2D eigenvalue weighted by Gasteiger charge is -2.01. The summed E-state index contributed by atoms with van der Waals surface area (Å²) in [7, 11) is 1.60. The van der Waals surface area contributed by atoms with Crippen LogP contribution in [0.3, 0.4) is 0 Å². The van der Waals surface area contributed by atoms with Gasteiger partial charge in [-0.1, -0.05) is 12.1 Å². The number of Topliss-reactive ketones (excluding diaryl/α,β-unsaturated/α-hetero) is 2. The van der Waals surface area contributed by atoms with Crippen molar-refractivity contribution in [2.24, 2.45) is 0 Å². The van der Waals surface area contributed by atoms with Crippen LogP contribution in [0.25, 0.3) is 5.69 Å². The number of ketones is 2. The number of nitrogens with zero attached hydrogens (tertiary/aromatic N) is 2. The number of hydrogen-bond donors (Lipinski definition) is 0. The summed E-state index contributed by atoms with van der Waals surface area (Å²) in [4.78, 5) is 23.6. The Labute approximate surface area is 169 Å². The van der Waals surface area contributed by atoms with E-state index in [9.17, 15) is 9.59 Å². The second kappa shape index (κ2) is 9.28. The fourth-order valence-electron chi connectivity index (χ4n) is 2.75. The molecule has 0 fully saturated rings. The Balaban J connectivity index is 0.00000261. The van der Waals surface area contributed by atoms with Crippen LogP contribution in [0.1, 0.15) is 22.8 Å². The molecule has 0 aliphatic heterocycles. The maximum Gasteiger partial charge on any atom is 0.249 e. The molecule has 0 N–H and O–H groups in total. The molecule has 0 amide bonds. The van der Waals surface area contributed by atoms with Crippen molar-refractivity contribution in [2.45, 2.75) is 19.9 Å². The van der Waals surface area contributed by atoms with Crippen molar-refractivity contribution in [1.29, 1.82) is 0 Å². The van der Waals surface area contributed by atoms with E-state index in [-0.39, 0.29) is 35.1 Å². The molecule has 0 radical (unpaired) electrons. The fourth-order valence-corrected chi connectivity index (χ4v) is 2.75. The van der Waals surface area contributed by atoms with Crippen LogP contribution in [0.4, 0.5) is 0 Å². The second-order valence-corrected chi connectivity index (χ2v) is 6.19. The van der Waals surface area contributed by atoms with Gasteiger partial charge in [0.25, 0.3) is 0 Å². The first-order chi connectivity index (χ1) is 12.5. The smallest absolute Gasteiger partial charge is 0.249 e. The minimum absolute atomic E-state index is 0. The summed E-state index contributed by atoms with van der Waals surface area (Å²) >= 11 is 0. The predicted molar refractivity (Wildman–Crippen MR) is 97.7 cm³/mol. The zero-order valence-corrected chi connectivity index (χ0v) is 16.8. The first-order valence-electron chi connectivity index (χ1n) is 8.38. The fraction of sp³-hybridized carbons (Fsp3) is 0.190. The van der Waals surface area contributed by atoms with Crippen LogP contribution < -0.4 is 26.3 Å². The molecule has 0 saturated carbocycles. The van der Waals surface area contributed by atoms with Gasteiger partial charge in [0.05, 0.1) is 7.11 Å². The van der Waals surface area contributed by atoms with Crippen LogP contribution in [-0.4, -0.2) is 23.2 Å². The normalized spacial score (nSPS) is 10.1. The van der Waals surface area contributed by atoms with Gasteiger partial charge < -0.3 is 21.7 Å². The number of halogens is 1. The number of imidazole rings is 1. The van der Waals surface area contributed by atoms with E-state index in [0.29, 0.717) is 12.0 Å². The van der Waals surface area contributed by atoms with Crippen LogP contribution in [0.2, 0.25) is 0 Å². The molecule has 6 heteroatoms. The monoisotopic (exact) mass is 428 g/mol. The number of carbonyl (C=O) groups excluding carboxylic acids is 2. The maximum atomic E-state index is 12.4. The molecule has 0 spiro atoms. The van der Waals surface area contributed by atoms with Crippen molar-refractivity contribution in [3.8, 4) is 11.4 Å². The highest BCUT2D eigenvalue weighted by atomic mass is 79.9. The lowest BCUT2D eigenvalue weighted by atomic mass is 10.1. The highest BCUT2D eigenvalue weighted by Gasteiger charge is 2.13. The molecule has 27 heavy (non-hydrogen) atoms. The van der Waals surface area contributed by atoms with Crippen LogP contribution in [0, 0.1) is 0 Å². The third-order valence-corrected chi connectivity index (χ3v) is 4.12. The highest BCUT2D eigenvalue weighted by molar-refractivity contribution is 5.95. The Kier molecular flexibility index (Phi) is 7.07. The number of ether oxygens (including phenoxy) is 1. The first kappa shape index (κ1) is 20.6. The Bertz CT molecular complexity index is 915. The molecular weight excluding hydrogens is 408 g/mol. The van der Waals surface area contributed by atoms with Crippen molar-refractivity contribution < 1.29 is 35.9 Å². The van der Waals surface area contributed by atoms with Crippen LogP contribution in [0.15, 0.2) is 67.3 Å². The van der Waals surface area contributed by atoms with Crippen molar-refractivity contribution in [3.05, 3.63) is 78.4 Å². The number of benzene rings is 2. The van der Waals surface area contributed by atoms with E-state index < -0.39 is 0 Å². The van der Waals surface area contributed by atoms with Gasteiger partial charge in [-0.05, 0) is 48.9 Å². The van der Waals surface area contributed by atoms with Crippen molar-refractivity contribution in [1.82, 2.24) is 4.57 Å². The summed E-state index contributed by atoms with van der Waals surface area (Å²) in [6, 6.07) is 14.9. The predicted octanol–water partition coefficient (Wildman–Crippen LogP) is -0.208. The van der Waals surface area contributed by atoms with E-state index in [1.54, 1.807) is 38.3 Å². The summed E-state index contributed by atoms with van der Waals surface area (Å²) in [5.41, 5.74) is 2.63. The Morgan fingerprint density at radius 3 is 2.30 bits per heavy atom. The van der Waals surface area contributed by atoms with E-state index in [2.05, 4.69) is 0 Å². The Morgan fingerprint density at radius 1 is 1.04 bits per heavy atom. The zero-order chi connectivity index (χ0) is 18.5. The maximum absolute atomic E-state index is 12.4. The molecule has 1 aromatic heterocycles. The molecule has 0 aliphatic carbocycles. The van der Waals surface area contributed by atoms with Gasteiger partial charge in [0.2, 0.25) is 12.1 Å². The molecule has 3 rings (SSSR count). The molecule has 140 valence electrons. The molecule has 2 aromatic carbocycles. The third kappa shape index (κ3) is 5.37. The largest absolute Gasteiger partial charge is 1.00 e. The third-order valence-electron chi connectivity index (χ3n) is 4.12. The average molecular weight is 429 g/mol. The molecule has 0 unspecified atom stereocenters. The van der Waals surface area contributed by atoms with E-state index in [1.165, 1.54) is 0 Å². The van der Waals surface area contributed by atoms with E-state index >= 15 is 0 Å². The molecule has 3 aromatic rings. The average Bonchev–Trinajstić information content (AvgIpc) is 3.10. The molecule has 0 saturated heterocycles. The summed E-state index contributed by atoms with van der Waals surface area (Å²) in [6.45, 7) is 1.85.